The molecule has 0 bridgehead atoms. The van der Waals surface area contributed by atoms with Gasteiger partial charge in [-0.05, 0) is 12.5 Å². The Morgan fingerprint density at radius 3 is 2.44 bits per heavy atom. The van der Waals surface area contributed by atoms with E-state index in [-0.39, 0.29) is 30.9 Å². The van der Waals surface area contributed by atoms with Crippen LogP contribution in [0.5, 0.6) is 5.75 Å². The van der Waals surface area contributed by atoms with Gasteiger partial charge in [0.15, 0.2) is 5.75 Å². The van der Waals surface area contributed by atoms with E-state index in [0.29, 0.717) is 5.69 Å². The van der Waals surface area contributed by atoms with Gasteiger partial charge in [-0.25, -0.2) is 0 Å². The molecule has 1 aromatic heterocycles. The summed E-state index contributed by atoms with van der Waals surface area (Å²) in [6.07, 6.45) is 1.44. The number of carbonyl (C=O) groups is 1. The van der Waals surface area contributed by atoms with Gasteiger partial charge in [-0.2, -0.15) is 0 Å². The van der Waals surface area contributed by atoms with E-state index in [2.05, 4.69) is 0 Å². The van der Waals surface area contributed by atoms with E-state index in [1.165, 1.54) is 16.8 Å². The second-order valence-corrected chi connectivity index (χ2v) is 5.69. The summed E-state index contributed by atoms with van der Waals surface area (Å²) in [5.74, 6) is 0.115. The van der Waals surface area contributed by atoms with Crippen molar-refractivity contribution in [2.24, 2.45) is 0 Å². The molecule has 1 aromatic carbocycles. The van der Waals surface area contributed by atoms with Crippen molar-refractivity contribution < 1.29 is 24.5 Å². The molecule has 0 aliphatic rings. The summed E-state index contributed by atoms with van der Waals surface area (Å²) in [7, 11) is 0. The largest absolute Gasteiger partial charge is 0.483 e. The molecule has 134 valence electrons. The topological polar surface area (TPSA) is 98.0 Å². The molecule has 0 amide bonds. The maximum atomic E-state index is 12.2. The van der Waals surface area contributed by atoms with Gasteiger partial charge >= 0.3 is 0 Å². The number of nitrogens with zero attached hydrogens (tertiary/aromatic N) is 1. The second kappa shape index (κ2) is 8.46. The number of carbonyl (C=O) groups excluding carboxylic acids is 1. The number of rotatable bonds is 9. The number of aromatic nitrogens is 1. The fraction of sp³-hybridized carbons (Fsp3) is 0.333. The van der Waals surface area contributed by atoms with Crippen LogP contribution in [0.3, 0.4) is 0 Å². The lowest BCUT2D eigenvalue weighted by Crippen LogP contribution is -2.46. The van der Waals surface area contributed by atoms with E-state index in [1.807, 2.05) is 30.3 Å². The highest BCUT2D eigenvalue weighted by molar-refractivity contribution is 5.37. The Hall–Kier alpha value is -2.64. The highest BCUT2D eigenvalue weighted by Crippen LogP contribution is 2.23. The molecule has 2 rings (SSSR count). The van der Waals surface area contributed by atoms with E-state index in [1.54, 1.807) is 6.92 Å². The van der Waals surface area contributed by atoms with Gasteiger partial charge < -0.3 is 24.3 Å². The average molecular weight is 347 g/mol. The molecule has 7 nitrogen and oxygen atoms in total. The molecule has 0 fully saturated rings. The number of ether oxygens (including phenoxy) is 2. The Balaban J connectivity index is 2.37. The molecule has 0 atom stereocenters. The van der Waals surface area contributed by atoms with Gasteiger partial charge in [0.2, 0.25) is 5.43 Å². The molecule has 0 saturated heterocycles. The summed E-state index contributed by atoms with van der Waals surface area (Å²) in [5.41, 5.74) is -0.285. The third-order valence-corrected chi connectivity index (χ3v) is 4.03. The molecular formula is C18H21NO6. The van der Waals surface area contributed by atoms with Gasteiger partial charge in [-0.3, -0.25) is 9.59 Å². The Morgan fingerprint density at radius 2 is 1.84 bits per heavy atom. The first-order valence-electron chi connectivity index (χ1n) is 7.74. The van der Waals surface area contributed by atoms with Crippen molar-refractivity contribution in [2.45, 2.75) is 19.1 Å². The smallest absolute Gasteiger partial charge is 0.293 e. The summed E-state index contributed by atoms with van der Waals surface area (Å²) < 4.78 is 11.9. The fourth-order valence-electron chi connectivity index (χ4n) is 2.59. The molecule has 0 radical (unpaired) electrons. The lowest BCUT2D eigenvalue weighted by atomic mass is 10.0. The zero-order chi connectivity index (χ0) is 18.3. The van der Waals surface area contributed by atoms with Gasteiger partial charge in [0.05, 0.1) is 18.9 Å². The highest BCUT2D eigenvalue weighted by Gasteiger charge is 2.33. The zero-order valence-electron chi connectivity index (χ0n) is 13.9. The predicted octanol–water partition coefficient (Wildman–Crippen LogP) is 0.589. The van der Waals surface area contributed by atoms with Gasteiger partial charge in [0, 0.05) is 12.3 Å². The zero-order valence-corrected chi connectivity index (χ0v) is 13.9. The molecule has 0 aliphatic carbocycles. The summed E-state index contributed by atoms with van der Waals surface area (Å²) in [6, 6.07) is 10.7. The van der Waals surface area contributed by atoms with Crippen LogP contribution in [-0.4, -0.2) is 41.1 Å². The molecule has 0 saturated carbocycles. The number of aliphatic hydroxyl groups is 2. The van der Waals surface area contributed by atoms with Gasteiger partial charge in [0.25, 0.3) is 6.47 Å². The van der Waals surface area contributed by atoms with E-state index in [4.69, 9.17) is 9.47 Å². The van der Waals surface area contributed by atoms with Crippen LogP contribution >= 0.6 is 0 Å². The van der Waals surface area contributed by atoms with E-state index in [0.717, 1.165) is 5.56 Å². The van der Waals surface area contributed by atoms with Crippen LogP contribution in [0, 0.1) is 6.92 Å². The van der Waals surface area contributed by atoms with Gasteiger partial charge in [-0.15, -0.1) is 0 Å². The van der Waals surface area contributed by atoms with Crippen molar-refractivity contribution in [3.8, 4) is 5.75 Å². The molecule has 1 heterocycles. The molecule has 0 unspecified atom stereocenters. The molecule has 2 N–H and O–H groups in total. The second-order valence-electron chi connectivity index (χ2n) is 5.69. The minimum atomic E-state index is -1.29. The van der Waals surface area contributed by atoms with Crippen molar-refractivity contribution in [3.63, 3.8) is 0 Å². The normalized spacial score (nSPS) is 11.2. The molecule has 25 heavy (non-hydrogen) atoms. The molecular weight excluding hydrogens is 326 g/mol. The third-order valence-electron chi connectivity index (χ3n) is 4.03. The monoisotopic (exact) mass is 347 g/mol. The first kappa shape index (κ1) is 18.7. The van der Waals surface area contributed by atoms with Crippen LogP contribution in [0.2, 0.25) is 0 Å². The predicted molar refractivity (Wildman–Crippen MR) is 90.4 cm³/mol. The van der Waals surface area contributed by atoms with Crippen molar-refractivity contribution >= 4 is 6.47 Å². The summed E-state index contributed by atoms with van der Waals surface area (Å²) >= 11 is 0. The first-order chi connectivity index (χ1) is 12.1. The lowest BCUT2D eigenvalue weighted by molar-refractivity contribution is -0.133. The molecule has 0 spiro atoms. The third kappa shape index (κ3) is 4.07. The van der Waals surface area contributed by atoms with Crippen molar-refractivity contribution in [3.05, 3.63) is 64.1 Å². The average Bonchev–Trinajstić information content (AvgIpc) is 2.65. The summed E-state index contributed by atoms with van der Waals surface area (Å²) in [5, 5.41) is 19.5. The van der Waals surface area contributed by atoms with Gasteiger partial charge in [0.1, 0.15) is 18.8 Å². The Labute approximate surface area is 145 Å². The number of hydrogen-bond acceptors (Lipinski definition) is 6. The highest BCUT2D eigenvalue weighted by atomic mass is 16.5. The Kier molecular flexibility index (Phi) is 6.32. The quantitative estimate of drug-likeness (QED) is 0.644. The minimum absolute atomic E-state index is 0.115. The van der Waals surface area contributed by atoms with Crippen molar-refractivity contribution in [1.29, 1.82) is 0 Å². The SMILES string of the molecule is Cc1c(OCc2ccccc2)c(=O)ccn1C(CO)(CO)COC=O. The molecule has 7 heteroatoms. The number of pyridine rings is 1. The summed E-state index contributed by atoms with van der Waals surface area (Å²) in [4.78, 5) is 22.7. The first-order valence-corrected chi connectivity index (χ1v) is 7.74. The maximum absolute atomic E-state index is 12.2. The minimum Gasteiger partial charge on any atom is -0.483 e. The number of hydrogen-bond donors (Lipinski definition) is 2. The van der Waals surface area contributed by atoms with Crippen LogP contribution in [0.25, 0.3) is 0 Å². The number of aliphatic hydroxyl groups excluding tert-OH is 2. The van der Waals surface area contributed by atoms with Crippen LogP contribution in [0.15, 0.2) is 47.4 Å². The molecule has 0 aliphatic heterocycles. The van der Waals surface area contributed by atoms with E-state index < -0.39 is 18.8 Å². The van der Waals surface area contributed by atoms with Crippen LogP contribution in [0.1, 0.15) is 11.3 Å². The standard InChI is InChI=1S/C18H21NO6/c1-14-17(25-9-15-5-3-2-4-6-15)16(23)7-8-19(14)18(10-20,11-21)12-24-13-22/h2-8,13,20-21H,9-12H2,1H3. The lowest BCUT2D eigenvalue weighted by Gasteiger charge is -2.33. The van der Waals surface area contributed by atoms with Gasteiger partial charge in [-0.1, -0.05) is 30.3 Å². The summed E-state index contributed by atoms with van der Waals surface area (Å²) in [6.45, 7) is 0.869. The van der Waals surface area contributed by atoms with Crippen molar-refractivity contribution in [1.82, 2.24) is 4.57 Å². The van der Waals surface area contributed by atoms with E-state index >= 15 is 0 Å². The number of benzene rings is 1. The van der Waals surface area contributed by atoms with E-state index in [9.17, 15) is 19.8 Å². The Bertz CT molecular complexity index is 752. The molecule has 2 aromatic rings. The van der Waals surface area contributed by atoms with Crippen LogP contribution < -0.4 is 10.2 Å². The maximum Gasteiger partial charge on any atom is 0.293 e. The van der Waals surface area contributed by atoms with Crippen molar-refractivity contribution in [2.75, 3.05) is 19.8 Å². The Morgan fingerprint density at radius 1 is 1.16 bits per heavy atom. The van der Waals surface area contributed by atoms with Crippen LogP contribution in [0.4, 0.5) is 0 Å². The fourth-order valence-corrected chi connectivity index (χ4v) is 2.59. The van der Waals surface area contributed by atoms with Crippen LogP contribution in [-0.2, 0) is 21.7 Å².